The van der Waals surface area contributed by atoms with Gasteiger partial charge in [0, 0.05) is 17.7 Å². The first-order chi connectivity index (χ1) is 16.0. The van der Waals surface area contributed by atoms with E-state index in [-0.39, 0.29) is 39.5 Å². The number of nitrogens with zero attached hydrogens (tertiary/aromatic N) is 1. The van der Waals surface area contributed by atoms with Gasteiger partial charge in [0.2, 0.25) is 5.88 Å². The van der Waals surface area contributed by atoms with Gasteiger partial charge in [-0.2, -0.15) is 5.26 Å². The predicted molar refractivity (Wildman–Crippen MR) is 122 cm³/mol. The molecule has 1 aliphatic rings. The van der Waals surface area contributed by atoms with E-state index in [0.717, 1.165) is 5.56 Å². The molecule has 162 valence electrons. The average molecular weight is 438 g/mol. The van der Waals surface area contributed by atoms with Gasteiger partial charge in [0.15, 0.2) is 5.43 Å². The molecule has 0 spiro atoms. The van der Waals surface area contributed by atoms with Gasteiger partial charge in [0.1, 0.15) is 45.6 Å². The van der Waals surface area contributed by atoms with Crippen LogP contribution >= 0.6 is 0 Å². The highest BCUT2D eigenvalue weighted by atomic mass is 16.5. The standard InChI is InChI=1S/C26H18N2O5/c1-31-16-9-7-15(8-10-16)22-17(13-27)26(28)33-21-12-20-23(25(30)24(21)22)18(29)11-19(32-20)14-5-3-2-4-6-14/h2-12,22,30H,28H2,1H3. The molecule has 1 aromatic heterocycles. The van der Waals surface area contributed by atoms with E-state index >= 15 is 0 Å². The van der Waals surface area contributed by atoms with E-state index in [2.05, 4.69) is 6.07 Å². The molecule has 0 saturated carbocycles. The maximum atomic E-state index is 13.0. The topological polar surface area (TPSA) is 119 Å². The van der Waals surface area contributed by atoms with Crippen molar-refractivity contribution in [3.8, 4) is 34.6 Å². The van der Waals surface area contributed by atoms with Crippen LogP contribution in [-0.2, 0) is 0 Å². The Morgan fingerprint density at radius 3 is 2.48 bits per heavy atom. The zero-order valence-corrected chi connectivity index (χ0v) is 17.5. The third-order valence-electron chi connectivity index (χ3n) is 5.69. The Bertz CT molecular complexity index is 1510. The number of aromatic hydroxyl groups is 1. The summed E-state index contributed by atoms with van der Waals surface area (Å²) in [5.41, 5.74) is 7.62. The lowest BCUT2D eigenvalue weighted by Gasteiger charge is -2.27. The van der Waals surface area contributed by atoms with Crippen LogP contribution in [0.2, 0.25) is 0 Å². The third-order valence-corrected chi connectivity index (χ3v) is 5.69. The van der Waals surface area contributed by atoms with Crippen LogP contribution in [0.25, 0.3) is 22.3 Å². The summed E-state index contributed by atoms with van der Waals surface area (Å²) in [6.45, 7) is 0. The Hall–Kier alpha value is -4.70. The minimum atomic E-state index is -0.734. The van der Waals surface area contributed by atoms with E-state index in [0.29, 0.717) is 17.1 Å². The quantitative estimate of drug-likeness (QED) is 0.487. The SMILES string of the molecule is COc1ccc(C2C(C#N)=C(N)Oc3cc4oc(-c5ccccc5)cc(=O)c4c(O)c32)cc1. The summed E-state index contributed by atoms with van der Waals surface area (Å²) >= 11 is 0. The number of rotatable bonds is 3. The molecule has 3 aromatic carbocycles. The Morgan fingerprint density at radius 1 is 1.09 bits per heavy atom. The zero-order chi connectivity index (χ0) is 23.1. The van der Waals surface area contributed by atoms with Gasteiger partial charge in [-0.15, -0.1) is 0 Å². The molecule has 5 rings (SSSR count). The number of hydrogen-bond acceptors (Lipinski definition) is 7. The highest BCUT2D eigenvalue weighted by Crippen LogP contribution is 2.49. The first-order valence-corrected chi connectivity index (χ1v) is 10.1. The van der Waals surface area contributed by atoms with Gasteiger partial charge in [-0.3, -0.25) is 4.79 Å². The summed E-state index contributed by atoms with van der Waals surface area (Å²) in [5, 5.41) is 21.0. The summed E-state index contributed by atoms with van der Waals surface area (Å²) in [6, 6.07) is 21.1. The molecule has 0 bridgehead atoms. The normalized spacial score (nSPS) is 15.0. The van der Waals surface area contributed by atoms with Gasteiger partial charge in [-0.1, -0.05) is 42.5 Å². The van der Waals surface area contributed by atoms with Crippen LogP contribution in [0.15, 0.2) is 87.4 Å². The van der Waals surface area contributed by atoms with Crippen molar-refractivity contribution in [3.05, 3.63) is 99.5 Å². The number of allylic oxidation sites excluding steroid dienone is 1. The summed E-state index contributed by atoms with van der Waals surface area (Å²) < 4.78 is 16.9. The van der Waals surface area contributed by atoms with Crippen molar-refractivity contribution in [3.63, 3.8) is 0 Å². The Morgan fingerprint density at radius 2 is 1.82 bits per heavy atom. The van der Waals surface area contributed by atoms with Crippen molar-refractivity contribution in [1.82, 2.24) is 0 Å². The van der Waals surface area contributed by atoms with Crippen LogP contribution in [0.3, 0.4) is 0 Å². The lowest BCUT2D eigenvalue weighted by molar-refractivity contribution is 0.383. The summed E-state index contributed by atoms with van der Waals surface area (Å²) in [7, 11) is 1.55. The fraction of sp³-hybridized carbons (Fsp3) is 0.0769. The third kappa shape index (κ3) is 3.25. The fourth-order valence-corrected chi connectivity index (χ4v) is 4.11. The zero-order valence-electron chi connectivity index (χ0n) is 17.5. The van der Waals surface area contributed by atoms with Crippen molar-refractivity contribution in [1.29, 1.82) is 5.26 Å². The van der Waals surface area contributed by atoms with Gasteiger partial charge < -0.3 is 24.7 Å². The second-order valence-corrected chi connectivity index (χ2v) is 7.55. The van der Waals surface area contributed by atoms with E-state index < -0.39 is 11.3 Å². The lowest BCUT2D eigenvalue weighted by Crippen LogP contribution is -2.21. The number of phenolic OH excluding ortho intramolecular Hbond substituents is 1. The lowest BCUT2D eigenvalue weighted by atomic mass is 9.82. The molecule has 1 unspecified atom stereocenters. The largest absolute Gasteiger partial charge is 0.507 e. The van der Waals surface area contributed by atoms with Crippen molar-refractivity contribution in [2.45, 2.75) is 5.92 Å². The molecule has 0 amide bonds. The number of nitrogens with two attached hydrogens (primary N) is 1. The highest BCUT2D eigenvalue weighted by molar-refractivity contribution is 5.89. The van der Waals surface area contributed by atoms with E-state index in [1.807, 2.05) is 30.3 Å². The van der Waals surface area contributed by atoms with Gasteiger partial charge in [0.05, 0.1) is 18.6 Å². The molecular formula is C26H18N2O5. The number of hydrogen-bond donors (Lipinski definition) is 2. The number of benzene rings is 3. The molecule has 3 N–H and O–H groups in total. The van der Waals surface area contributed by atoms with Crippen LogP contribution in [0.4, 0.5) is 0 Å². The summed E-state index contributed by atoms with van der Waals surface area (Å²) in [4.78, 5) is 13.0. The molecule has 0 saturated heterocycles. The molecule has 1 aliphatic heterocycles. The molecule has 0 aliphatic carbocycles. The number of ether oxygens (including phenoxy) is 2. The smallest absolute Gasteiger partial charge is 0.205 e. The van der Waals surface area contributed by atoms with Gasteiger partial charge in [-0.05, 0) is 17.7 Å². The average Bonchev–Trinajstić information content (AvgIpc) is 2.83. The molecule has 0 radical (unpaired) electrons. The number of methoxy groups -OCH3 is 1. The maximum Gasteiger partial charge on any atom is 0.205 e. The van der Waals surface area contributed by atoms with Crippen LogP contribution in [0, 0.1) is 11.3 Å². The summed E-state index contributed by atoms with van der Waals surface area (Å²) in [6.07, 6.45) is 0. The Kier molecular flexibility index (Phi) is 4.76. The molecule has 33 heavy (non-hydrogen) atoms. The van der Waals surface area contributed by atoms with Crippen LogP contribution in [0.5, 0.6) is 17.2 Å². The molecule has 0 fully saturated rings. The first kappa shape index (κ1) is 20.2. The number of nitriles is 1. The molecule has 7 nitrogen and oxygen atoms in total. The van der Waals surface area contributed by atoms with E-state index in [9.17, 15) is 15.2 Å². The van der Waals surface area contributed by atoms with Crippen LogP contribution < -0.4 is 20.6 Å². The Balaban J connectivity index is 1.77. The molecule has 4 aromatic rings. The Labute approximate surface area is 188 Å². The van der Waals surface area contributed by atoms with E-state index in [1.54, 1.807) is 31.4 Å². The van der Waals surface area contributed by atoms with Crippen LogP contribution in [-0.4, -0.2) is 12.2 Å². The van der Waals surface area contributed by atoms with Crippen LogP contribution in [0.1, 0.15) is 17.0 Å². The van der Waals surface area contributed by atoms with E-state index in [1.165, 1.54) is 12.1 Å². The summed E-state index contributed by atoms with van der Waals surface area (Å²) in [5.74, 6) is 0.0884. The van der Waals surface area contributed by atoms with Gasteiger partial charge in [0.25, 0.3) is 0 Å². The van der Waals surface area contributed by atoms with Gasteiger partial charge >= 0.3 is 0 Å². The highest BCUT2D eigenvalue weighted by Gasteiger charge is 2.35. The molecular weight excluding hydrogens is 420 g/mol. The fourth-order valence-electron chi connectivity index (χ4n) is 4.11. The molecule has 2 heterocycles. The van der Waals surface area contributed by atoms with Gasteiger partial charge in [-0.25, -0.2) is 0 Å². The van der Waals surface area contributed by atoms with Crippen molar-refractivity contribution in [2.75, 3.05) is 7.11 Å². The first-order valence-electron chi connectivity index (χ1n) is 10.1. The number of fused-ring (bicyclic) bond motifs is 2. The van der Waals surface area contributed by atoms with Crippen molar-refractivity contribution in [2.24, 2.45) is 5.73 Å². The molecule has 1 atom stereocenters. The minimum Gasteiger partial charge on any atom is -0.507 e. The maximum absolute atomic E-state index is 13.0. The molecule has 7 heteroatoms. The van der Waals surface area contributed by atoms with E-state index in [4.69, 9.17) is 19.6 Å². The monoisotopic (exact) mass is 438 g/mol. The predicted octanol–water partition coefficient (Wildman–Crippen LogP) is 4.39. The minimum absolute atomic E-state index is 0.00769. The second kappa shape index (κ2) is 7.77. The van der Waals surface area contributed by atoms with Crippen molar-refractivity contribution >= 4 is 11.0 Å². The van der Waals surface area contributed by atoms with Crippen molar-refractivity contribution < 1.29 is 19.0 Å². The number of phenols is 1. The second-order valence-electron chi connectivity index (χ2n) is 7.55.